The first-order valence-electron chi connectivity index (χ1n) is 11.7. The van der Waals surface area contributed by atoms with E-state index in [-0.39, 0.29) is 13.1 Å². The Bertz CT molecular complexity index is 753. The number of rotatable bonds is 5. The van der Waals surface area contributed by atoms with Gasteiger partial charge in [0.1, 0.15) is 0 Å². The van der Waals surface area contributed by atoms with Crippen molar-refractivity contribution in [2.24, 2.45) is 27.7 Å². The molecule has 7 heteroatoms. The number of pyridine rings is 1. The van der Waals surface area contributed by atoms with Crippen LogP contribution in [0.15, 0.2) is 28.2 Å². The molecule has 182 valence electrons. The van der Waals surface area contributed by atoms with Crippen molar-refractivity contribution in [1.82, 2.24) is 4.98 Å². The van der Waals surface area contributed by atoms with E-state index in [0.717, 1.165) is 54.4 Å². The maximum absolute atomic E-state index is 5.48. The number of hydrogen-bond acceptors (Lipinski definition) is 4. The van der Waals surface area contributed by atoms with Gasteiger partial charge in [0.25, 0.3) is 0 Å². The summed E-state index contributed by atoms with van der Waals surface area (Å²) in [5.74, 6) is 2.08. The van der Waals surface area contributed by atoms with Crippen LogP contribution in [-0.2, 0) is 17.9 Å². The van der Waals surface area contributed by atoms with E-state index in [2.05, 4.69) is 52.8 Å². The molecular formula is C25H39Cl2FeN3O. The molecule has 0 radical (unpaired) electrons. The van der Waals surface area contributed by atoms with E-state index < -0.39 is 0 Å². The second kappa shape index (κ2) is 14.1. The molecule has 0 spiro atoms. The molecule has 2 fully saturated rings. The summed E-state index contributed by atoms with van der Waals surface area (Å²) in [5, 5.41) is 0. The first kappa shape index (κ1) is 27.8. The van der Waals surface area contributed by atoms with Crippen LogP contribution in [0.2, 0.25) is 0 Å². The van der Waals surface area contributed by atoms with Crippen molar-refractivity contribution >= 4 is 31.6 Å². The molecule has 2 aliphatic carbocycles. The molecule has 0 bridgehead atoms. The summed E-state index contributed by atoms with van der Waals surface area (Å²) >= 11 is 0.194. The third kappa shape index (κ3) is 8.40. The van der Waals surface area contributed by atoms with E-state index >= 15 is 0 Å². The van der Waals surface area contributed by atoms with Crippen LogP contribution in [0, 0.1) is 17.8 Å². The van der Waals surface area contributed by atoms with E-state index in [0.29, 0.717) is 30.0 Å². The Hall–Kier alpha value is -0.451. The van der Waals surface area contributed by atoms with Gasteiger partial charge in [-0.1, -0.05) is 26.8 Å². The third-order valence-electron chi connectivity index (χ3n) is 6.90. The van der Waals surface area contributed by atoms with Crippen LogP contribution in [0.1, 0.15) is 84.5 Å². The molecule has 1 heterocycles. The first-order chi connectivity index (χ1) is 15.3. The zero-order valence-electron chi connectivity index (χ0n) is 20.3. The van der Waals surface area contributed by atoms with E-state index in [9.17, 15) is 0 Å². The minimum atomic E-state index is 0.194. The van der Waals surface area contributed by atoms with Gasteiger partial charge in [-0.05, 0) is 82.3 Å². The molecule has 2 aliphatic rings. The first-order valence-corrected chi connectivity index (χ1v) is 14.8. The van der Waals surface area contributed by atoms with Gasteiger partial charge >= 0.3 is 33.3 Å². The Kier molecular flexibility index (Phi) is 12.2. The Balaban J connectivity index is 0.00000114. The molecule has 32 heavy (non-hydrogen) atoms. The number of ether oxygens (including phenoxy) is 1. The molecule has 0 N–H and O–H groups in total. The molecule has 1 aromatic heterocycles. The summed E-state index contributed by atoms with van der Waals surface area (Å²) in [6.07, 6.45) is 7.38. The van der Waals surface area contributed by atoms with Crippen molar-refractivity contribution in [2.45, 2.75) is 91.3 Å². The standard InChI is InChI=1S/C25H39N3O.2ClH.Fe/c1-16-14-17(2)25(18(3)15-16)27-20(5)24-9-7-8-23(28-24)19(4)26-21-10-12-22(29-6)13-11-21;;;/h7-9,16-18,21-22,25H,10-15H2,1-6H3;2*1H;/q;;;+2/p-2. The van der Waals surface area contributed by atoms with Gasteiger partial charge in [-0.2, -0.15) is 0 Å². The molecule has 0 aliphatic heterocycles. The van der Waals surface area contributed by atoms with Crippen molar-refractivity contribution in [3.63, 3.8) is 0 Å². The maximum atomic E-state index is 5.48. The van der Waals surface area contributed by atoms with Crippen molar-refractivity contribution in [3.05, 3.63) is 29.6 Å². The molecule has 0 aromatic carbocycles. The van der Waals surface area contributed by atoms with Crippen LogP contribution in [0.25, 0.3) is 0 Å². The van der Waals surface area contributed by atoms with Crippen LogP contribution >= 0.6 is 20.2 Å². The summed E-state index contributed by atoms with van der Waals surface area (Å²) < 4.78 is 5.48. The predicted molar refractivity (Wildman–Crippen MR) is 134 cm³/mol. The fourth-order valence-electron chi connectivity index (χ4n) is 5.34. The van der Waals surface area contributed by atoms with Crippen molar-refractivity contribution in [1.29, 1.82) is 0 Å². The predicted octanol–water partition coefficient (Wildman–Crippen LogP) is 7.10. The van der Waals surface area contributed by atoms with Gasteiger partial charge in [-0.15, -0.1) is 0 Å². The number of halogens is 2. The van der Waals surface area contributed by atoms with Gasteiger partial charge in [0.05, 0.1) is 41.0 Å². The van der Waals surface area contributed by atoms with E-state index in [1.807, 2.05) is 7.11 Å². The molecule has 2 saturated carbocycles. The van der Waals surface area contributed by atoms with Gasteiger partial charge in [0, 0.05) is 7.11 Å². The number of hydrogen-bond donors (Lipinski definition) is 0. The normalized spacial score (nSPS) is 31.8. The van der Waals surface area contributed by atoms with Crippen molar-refractivity contribution in [2.75, 3.05) is 7.11 Å². The van der Waals surface area contributed by atoms with E-state index in [1.165, 1.54) is 12.8 Å². The molecule has 3 rings (SSSR count). The average molecular weight is 524 g/mol. The second-order valence-electron chi connectivity index (χ2n) is 9.58. The van der Waals surface area contributed by atoms with E-state index in [1.54, 1.807) is 0 Å². The van der Waals surface area contributed by atoms with Crippen molar-refractivity contribution in [3.8, 4) is 0 Å². The summed E-state index contributed by atoms with van der Waals surface area (Å²) in [7, 11) is 11.3. The molecule has 0 saturated heterocycles. The molecule has 2 atom stereocenters. The SMILES string of the molecule is COC1CCC(N=C(C)c2cccc(C(C)=NC3C(C)CC(C)CC3C)n2)CC1.[Cl][Fe][Cl]. The summed E-state index contributed by atoms with van der Waals surface area (Å²) in [4.78, 5) is 15.0. The van der Waals surface area contributed by atoms with Crippen LogP contribution in [0.5, 0.6) is 0 Å². The average Bonchev–Trinajstić information content (AvgIpc) is 2.77. The Labute approximate surface area is 209 Å². The van der Waals surface area contributed by atoms with E-state index in [4.69, 9.17) is 39.9 Å². The molecule has 4 nitrogen and oxygen atoms in total. The summed E-state index contributed by atoms with van der Waals surface area (Å²) in [6.45, 7) is 11.3. The van der Waals surface area contributed by atoms with Crippen molar-refractivity contribution < 1.29 is 17.9 Å². The quantitative estimate of drug-likeness (QED) is 0.305. The number of aromatic nitrogens is 1. The van der Waals surface area contributed by atoms with Gasteiger partial charge in [-0.25, -0.2) is 4.98 Å². The number of nitrogens with zero attached hydrogens (tertiary/aromatic N) is 3. The second-order valence-corrected chi connectivity index (χ2v) is 11.4. The van der Waals surface area contributed by atoms with Crippen LogP contribution in [0.3, 0.4) is 0 Å². The zero-order chi connectivity index (χ0) is 23.7. The number of aliphatic imine (C=N–C) groups is 2. The minimum absolute atomic E-state index is 0.194. The van der Waals surface area contributed by atoms with Crippen LogP contribution in [0.4, 0.5) is 0 Å². The zero-order valence-corrected chi connectivity index (χ0v) is 22.9. The van der Waals surface area contributed by atoms with Crippen LogP contribution < -0.4 is 0 Å². The van der Waals surface area contributed by atoms with Gasteiger partial charge in [0.15, 0.2) is 0 Å². The topological polar surface area (TPSA) is 46.8 Å². The molecule has 0 amide bonds. The summed E-state index contributed by atoms with van der Waals surface area (Å²) in [6, 6.07) is 7.05. The van der Waals surface area contributed by atoms with Gasteiger partial charge in [0.2, 0.25) is 0 Å². The third-order valence-corrected chi connectivity index (χ3v) is 6.90. The Morgan fingerprint density at radius 2 is 1.44 bits per heavy atom. The molecular weight excluding hydrogens is 485 g/mol. The van der Waals surface area contributed by atoms with Gasteiger partial charge < -0.3 is 4.74 Å². The fraction of sp³-hybridized carbons (Fsp3) is 0.720. The van der Waals surface area contributed by atoms with Gasteiger partial charge in [-0.3, -0.25) is 9.98 Å². The Morgan fingerprint density at radius 3 is 1.94 bits per heavy atom. The molecule has 2 unspecified atom stereocenters. The Morgan fingerprint density at radius 1 is 0.938 bits per heavy atom. The molecule has 1 aromatic rings. The summed E-state index contributed by atoms with van der Waals surface area (Å²) in [5.41, 5.74) is 4.05. The number of methoxy groups -OCH3 is 1. The monoisotopic (exact) mass is 523 g/mol. The van der Waals surface area contributed by atoms with Crippen LogP contribution in [-0.4, -0.2) is 41.7 Å². The fourth-order valence-corrected chi connectivity index (χ4v) is 5.34.